The Balaban J connectivity index is 0.000000224. The summed E-state index contributed by atoms with van der Waals surface area (Å²) in [5.41, 5.74) is 0.983. The normalized spacial score (nSPS) is 23.1. The number of imide groups is 1. The van der Waals surface area contributed by atoms with Crippen molar-refractivity contribution in [1.82, 2.24) is 30.9 Å². The van der Waals surface area contributed by atoms with Crippen molar-refractivity contribution in [1.29, 1.82) is 5.26 Å². The van der Waals surface area contributed by atoms with Crippen molar-refractivity contribution >= 4 is 41.0 Å². The van der Waals surface area contributed by atoms with Gasteiger partial charge < -0.3 is 37.8 Å². The number of ether oxygens (including phenoxy) is 2. The van der Waals surface area contributed by atoms with Gasteiger partial charge in [-0.2, -0.15) is 30.9 Å². The molecule has 1 radical (unpaired) electrons. The Morgan fingerprint density at radius 2 is 1.55 bits per heavy atom. The summed E-state index contributed by atoms with van der Waals surface area (Å²) in [5.74, 6) is 3.25. The Hall–Kier alpha value is -4.55. The fourth-order valence-electron chi connectivity index (χ4n) is 7.17. The van der Waals surface area contributed by atoms with E-state index in [1.165, 1.54) is 12.1 Å². The van der Waals surface area contributed by atoms with E-state index in [9.17, 15) is 19.2 Å². The second-order valence-corrected chi connectivity index (χ2v) is 15.8. The molecule has 16 heteroatoms. The summed E-state index contributed by atoms with van der Waals surface area (Å²) in [6, 6.07) is 9.82. The summed E-state index contributed by atoms with van der Waals surface area (Å²) >= 11 is 6.08. The van der Waals surface area contributed by atoms with Crippen LogP contribution in [0.5, 0.6) is 11.5 Å². The molecule has 0 bridgehead atoms. The van der Waals surface area contributed by atoms with Gasteiger partial charge in [0.2, 0.25) is 11.8 Å². The largest absolute Gasteiger partial charge is 0.490 e. The molecule has 14 nitrogen and oxygen atoms in total. The molecule has 1 unspecified atom stereocenters. The maximum atomic E-state index is 12.6. The third kappa shape index (κ3) is 12.2. The number of piperidine rings is 2. The topological polar surface area (TPSA) is 189 Å². The van der Waals surface area contributed by atoms with E-state index in [0.717, 1.165) is 70.3 Å². The summed E-state index contributed by atoms with van der Waals surface area (Å²) < 4.78 is 11.8. The van der Waals surface area contributed by atoms with Gasteiger partial charge in [0.25, 0.3) is 11.8 Å². The number of hydrogen-bond acceptors (Lipinski definition) is 11. The summed E-state index contributed by atoms with van der Waals surface area (Å²) in [6.07, 6.45) is 13.0. The van der Waals surface area contributed by atoms with Crippen molar-refractivity contribution in [2.24, 2.45) is 11.8 Å². The minimum atomic E-state index is -0.705. The Morgan fingerprint density at radius 3 is 2.16 bits per heavy atom. The van der Waals surface area contributed by atoms with Crippen LogP contribution in [0.2, 0.25) is 5.02 Å². The second-order valence-electron chi connectivity index (χ2n) is 15.4. The number of nitriles is 1. The monoisotopic (exact) mass is 993 g/mol. The van der Waals surface area contributed by atoms with Crippen molar-refractivity contribution in [3.05, 3.63) is 83.7 Å². The molecule has 3 aromatic rings. The SMILES string of the molecule is C[C-](C)C1CC(Oc2ccc(C(=O)NC3CCC(=O)NC3=O)nc2)C1.[Au].[CH2-]C1CCN(c2cnc(C(=O)NC3CCC(Oc4ccc(C#N)c(Cl)c4)CC3)cn2)CC1. The predicted octanol–water partition coefficient (Wildman–Crippen LogP) is 5.56. The van der Waals surface area contributed by atoms with Crippen LogP contribution in [0.4, 0.5) is 5.82 Å². The van der Waals surface area contributed by atoms with Gasteiger partial charge in [0.15, 0.2) is 0 Å². The molecule has 2 aliphatic carbocycles. The molecule has 4 fully saturated rings. The van der Waals surface area contributed by atoms with Crippen molar-refractivity contribution in [3.8, 4) is 17.6 Å². The van der Waals surface area contributed by atoms with Gasteiger partial charge in [0.1, 0.15) is 40.8 Å². The van der Waals surface area contributed by atoms with E-state index in [1.54, 1.807) is 42.7 Å². The van der Waals surface area contributed by atoms with Crippen molar-refractivity contribution in [2.75, 3.05) is 18.0 Å². The molecular weight excluding hydrogens is 945 g/mol. The molecule has 0 spiro atoms. The Kier molecular flexibility index (Phi) is 16.1. The second kappa shape index (κ2) is 20.9. The Labute approximate surface area is 360 Å². The van der Waals surface area contributed by atoms with E-state index in [1.807, 2.05) is 6.07 Å². The van der Waals surface area contributed by atoms with Gasteiger partial charge in [-0.3, -0.25) is 24.5 Å². The quantitative estimate of drug-likeness (QED) is 0.131. The zero-order chi connectivity index (χ0) is 40.5. The number of nitrogens with one attached hydrogen (secondary N) is 3. The fourth-order valence-corrected chi connectivity index (χ4v) is 7.39. The summed E-state index contributed by atoms with van der Waals surface area (Å²) in [7, 11) is 0. The first-order valence-electron chi connectivity index (χ1n) is 19.6. The molecule has 3 N–H and O–H groups in total. The van der Waals surface area contributed by atoms with E-state index >= 15 is 0 Å². The van der Waals surface area contributed by atoms with E-state index in [2.05, 4.69) is 56.6 Å². The van der Waals surface area contributed by atoms with Gasteiger partial charge in [-0.05, 0) is 69.2 Å². The molecule has 2 aromatic heterocycles. The number of rotatable bonds is 10. The number of hydrogen-bond donors (Lipinski definition) is 3. The standard InChI is InChI=1S/C24H27ClN5O2.C18H22N3O4.Au/c1-16-8-10-30(11-9-16)23-15-27-22(14-28-23)24(31)29-18-3-6-19(7-4-18)32-20-5-2-17(13-26)21(25)12-20;1-10(2)11-7-13(8-11)25-12-3-4-14(19-9-12)17(23)20-15-5-6-16(22)21-18(15)24;/h2,5,12,14-16,18-19H,1,3-4,6-11H2,(H,29,31);3-4,9,11,13,15H,5-8H2,1-2H3,(H,20,23)(H,21,22,24);/q2*-1;. The van der Waals surface area contributed by atoms with E-state index < -0.39 is 17.9 Å². The Bertz CT molecular complexity index is 1920. The van der Waals surface area contributed by atoms with Crippen LogP contribution < -0.4 is 30.3 Å². The van der Waals surface area contributed by atoms with Crippen LogP contribution >= 0.6 is 11.6 Å². The zero-order valence-corrected chi connectivity index (χ0v) is 35.6. The van der Waals surface area contributed by atoms with Crippen LogP contribution in [0.25, 0.3) is 0 Å². The van der Waals surface area contributed by atoms with Crippen LogP contribution in [0.1, 0.15) is 105 Å². The van der Waals surface area contributed by atoms with Gasteiger partial charge >= 0.3 is 0 Å². The maximum absolute atomic E-state index is 12.6. The van der Waals surface area contributed by atoms with Gasteiger partial charge in [0, 0.05) is 54.0 Å². The van der Waals surface area contributed by atoms with Gasteiger partial charge in [-0.25, -0.2) is 15.0 Å². The van der Waals surface area contributed by atoms with E-state index in [4.69, 9.17) is 26.3 Å². The third-order valence-corrected chi connectivity index (χ3v) is 11.2. The van der Waals surface area contributed by atoms with Crippen LogP contribution in [0, 0.1) is 36.0 Å². The van der Waals surface area contributed by atoms with Crippen LogP contribution in [-0.2, 0) is 32.0 Å². The molecule has 4 aliphatic rings. The minimum Gasteiger partial charge on any atom is -0.490 e. The molecule has 2 saturated heterocycles. The number of carbonyl (C=O) groups is 4. The number of halogens is 1. The van der Waals surface area contributed by atoms with Crippen molar-refractivity contribution in [2.45, 2.75) is 102 Å². The average Bonchev–Trinajstić information content (AvgIpc) is 3.18. The number of nitrogens with zero attached hydrogens (tertiary/aromatic N) is 5. The number of aromatic nitrogens is 3. The maximum Gasteiger partial charge on any atom is 0.271 e. The molecule has 7 rings (SSSR count). The first kappa shape index (κ1) is 44.6. The molecule has 2 saturated carbocycles. The average molecular weight is 994 g/mol. The van der Waals surface area contributed by atoms with Crippen LogP contribution in [0.3, 0.4) is 0 Å². The fraction of sp³-hybridized carbons (Fsp3) is 0.476. The van der Waals surface area contributed by atoms with Gasteiger partial charge in [0.05, 0.1) is 41.4 Å². The third-order valence-electron chi connectivity index (χ3n) is 10.9. The number of benzene rings is 1. The summed E-state index contributed by atoms with van der Waals surface area (Å²) in [4.78, 5) is 62.7. The van der Waals surface area contributed by atoms with Crippen molar-refractivity contribution < 1.29 is 51.0 Å². The van der Waals surface area contributed by atoms with Gasteiger partial charge in [-0.15, -0.1) is 0 Å². The minimum absolute atomic E-state index is 0. The number of pyridine rings is 1. The molecule has 313 valence electrons. The van der Waals surface area contributed by atoms with E-state index in [-0.39, 0.29) is 64.6 Å². The van der Waals surface area contributed by atoms with Gasteiger partial charge in [-0.1, -0.05) is 24.4 Å². The number of amides is 4. The first-order chi connectivity index (χ1) is 27.4. The Morgan fingerprint density at radius 1 is 0.879 bits per heavy atom. The predicted molar refractivity (Wildman–Crippen MR) is 212 cm³/mol. The molecule has 4 heterocycles. The molecule has 1 atom stereocenters. The summed E-state index contributed by atoms with van der Waals surface area (Å²) in [5, 5.41) is 17.2. The molecule has 4 amide bonds. The zero-order valence-electron chi connectivity index (χ0n) is 32.6. The molecule has 58 heavy (non-hydrogen) atoms. The molecule has 2 aliphatic heterocycles. The summed E-state index contributed by atoms with van der Waals surface area (Å²) in [6.45, 7) is 10.2. The van der Waals surface area contributed by atoms with E-state index in [0.29, 0.717) is 46.0 Å². The smallest absolute Gasteiger partial charge is 0.271 e. The molecule has 1 aromatic carbocycles. The van der Waals surface area contributed by atoms with Crippen molar-refractivity contribution in [3.63, 3.8) is 0 Å². The number of anilines is 1. The molecular formula is C42H49AuClN8O6-2. The van der Waals surface area contributed by atoms with Crippen LogP contribution in [-0.4, -0.2) is 76.0 Å². The first-order valence-corrected chi connectivity index (χ1v) is 20.0. The number of carbonyl (C=O) groups excluding carboxylic acids is 4. The van der Waals surface area contributed by atoms with Crippen LogP contribution in [0.15, 0.2) is 48.9 Å².